The van der Waals surface area contributed by atoms with Crippen molar-refractivity contribution in [1.29, 1.82) is 0 Å². The van der Waals surface area contributed by atoms with E-state index in [1.807, 2.05) is 12.1 Å². The zero-order valence-corrected chi connectivity index (χ0v) is 11.6. The van der Waals surface area contributed by atoms with Crippen molar-refractivity contribution in [2.75, 3.05) is 24.5 Å². The lowest BCUT2D eigenvalue weighted by atomic mass is 10.1. The predicted molar refractivity (Wildman–Crippen MR) is 78.6 cm³/mol. The molecule has 5 heteroatoms. The van der Waals surface area contributed by atoms with Crippen LogP contribution in [0.2, 0.25) is 0 Å². The molecule has 3 rings (SSSR count). The highest BCUT2D eigenvalue weighted by molar-refractivity contribution is 5.55. The highest BCUT2D eigenvalue weighted by Gasteiger charge is 2.17. The number of anilines is 1. The molecule has 2 heterocycles. The second-order valence-electron chi connectivity index (χ2n) is 5.19. The van der Waals surface area contributed by atoms with Gasteiger partial charge in [0.15, 0.2) is 0 Å². The molecule has 106 valence electrons. The van der Waals surface area contributed by atoms with Crippen LogP contribution in [0.3, 0.4) is 0 Å². The molecular weight excluding hydrogens is 252 g/mol. The fourth-order valence-electron chi connectivity index (χ4n) is 2.58. The zero-order chi connectivity index (χ0) is 13.8. The summed E-state index contributed by atoms with van der Waals surface area (Å²) in [5.41, 5.74) is 7.75. The summed E-state index contributed by atoms with van der Waals surface area (Å²) in [6, 6.07) is 8.14. The molecule has 0 spiro atoms. The average Bonchev–Trinajstić information content (AvgIpc) is 2.99. The Bertz CT molecular complexity index is 561. The second-order valence-corrected chi connectivity index (χ2v) is 5.19. The summed E-state index contributed by atoms with van der Waals surface area (Å²) in [5, 5.41) is 4.11. The Labute approximate surface area is 118 Å². The van der Waals surface area contributed by atoms with Gasteiger partial charge >= 0.3 is 0 Å². The van der Waals surface area contributed by atoms with E-state index in [0.29, 0.717) is 18.4 Å². The first-order valence-corrected chi connectivity index (χ1v) is 7.25. The Hall–Kier alpha value is -1.88. The van der Waals surface area contributed by atoms with Gasteiger partial charge in [0.1, 0.15) is 0 Å². The van der Waals surface area contributed by atoms with E-state index in [9.17, 15) is 0 Å². The number of aromatic nitrogens is 2. The van der Waals surface area contributed by atoms with E-state index in [0.717, 1.165) is 25.1 Å². The third-order valence-corrected chi connectivity index (χ3v) is 3.66. The third-order valence-electron chi connectivity index (χ3n) is 3.66. The van der Waals surface area contributed by atoms with Crippen molar-refractivity contribution in [3.8, 4) is 11.5 Å². The van der Waals surface area contributed by atoms with Crippen LogP contribution < -0.4 is 10.6 Å². The molecule has 0 amide bonds. The molecule has 0 radical (unpaired) electrons. The molecule has 0 saturated carbocycles. The zero-order valence-electron chi connectivity index (χ0n) is 11.6. The molecule has 5 nitrogen and oxygen atoms in total. The van der Waals surface area contributed by atoms with Gasteiger partial charge in [-0.3, -0.25) is 0 Å². The smallest absolute Gasteiger partial charge is 0.266 e. The summed E-state index contributed by atoms with van der Waals surface area (Å²) >= 11 is 0. The van der Waals surface area contributed by atoms with Gasteiger partial charge in [-0.15, -0.1) is 0 Å². The first-order valence-electron chi connectivity index (χ1n) is 7.25. The van der Waals surface area contributed by atoms with Crippen molar-refractivity contribution in [2.45, 2.75) is 25.7 Å². The Kier molecular flexibility index (Phi) is 3.97. The van der Waals surface area contributed by atoms with Crippen LogP contribution in [0.4, 0.5) is 5.95 Å². The minimum absolute atomic E-state index is 0.587. The normalized spacial score (nSPS) is 15.6. The molecule has 0 bridgehead atoms. The molecule has 1 fully saturated rings. The average molecular weight is 272 g/mol. The summed E-state index contributed by atoms with van der Waals surface area (Å²) in [6.45, 7) is 2.69. The van der Waals surface area contributed by atoms with Gasteiger partial charge in [-0.1, -0.05) is 12.1 Å². The highest BCUT2D eigenvalue weighted by Crippen LogP contribution is 2.23. The van der Waals surface area contributed by atoms with Gasteiger partial charge in [-0.2, -0.15) is 4.98 Å². The van der Waals surface area contributed by atoms with Crippen molar-refractivity contribution in [3.05, 3.63) is 29.8 Å². The maximum absolute atomic E-state index is 5.59. The summed E-state index contributed by atoms with van der Waals surface area (Å²) in [7, 11) is 0. The predicted octanol–water partition coefficient (Wildman–Crippen LogP) is 2.23. The van der Waals surface area contributed by atoms with E-state index in [1.165, 1.54) is 24.8 Å². The summed E-state index contributed by atoms with van der Waals surface area (Å²) < 4.78 is 5.40. The SMILES string of the molecule is NCCc1cccc(-c2nc(N3CCCCC3)no2)c1. The van der Waals surface area contributed by atoms with Crippen LogP contribution >= 0.6 is 0 Å². The van der Waals surface area contributed by atoms with E-state index in [4.69, 9.17) is 10.3 Å². The Morgan fingerprint density at radius 2 is 2.05 bits per heavy atom. The van der Waals surface area contributed by atoms with Crippen LogP contribution in [-0.2, 0) is 6.42 Å². The number of nitrogens with zero attached hydrogens (tertiary/aromatic N) is 3. The Morgan fingerprint density at radius 3 is 2.85 bits per heavy atom. The molecule has 20 heavy (non-hydrogen) atoms. The van der Waals surface area contributed by atoms with Gasteiger partial charge in [-0.25, -0.2) is 0 Å². The Morgan fingerprint density at radius 1 is 1.20 bits per heavy atom. The fourth-order valence-corrected chi connectivity index (χ4v) is 2.58. The highest BCUT2D eigenvalue weighted by atomic mass is 16.5. The largest absolute Gasteiger partial charge is 0.338 e. The van der Waals surface area contributed by atoms with Gasteiger partial charge in [-0.05, 0) is 55.1 Å². The van der Waals surface area contributed by atoms with Gasteiger partial charge in [0.2, 0.25) is 0 Å². The maximum Gasteiger partial charge on any atom is 0.266 e. The molecule has 1 saturated heterocycles. The van der Waals surface area contributed by atoms with Crippen LogP contribution in [0, 0.1) is 0 Å². The molecule has 1 aromatic carbocycles. The first kappa shape index (κ1) is 13.1. The molecule has 0 atom stereocenters. The third kappa shape index (κ3) is 2.82. The van der Waals surface area contributed by atoms with Crippen molar-refractivity contribution in [3.63, 3.8) is 0 Å². The van der Waals surface area contributed by atoms with Gasteiger partial charge in [0.25, 0.3) is 11.8 Å². The number of hydrogen-bond donors (Lipinski definition) is 1. The minimum atomic E-state index is 0.587. The van der Waals surface area contributed by atoms with Crippen molar-refractivity contribution in [1.82, 2.24) is 10.1 Å². The first-order chi connectivity index (χ1) is 9.86. The lowest BCUT2D eigenvalue weighted by Crippen LogP contribution is -2.30. The van der Waals surface area contributed by atoms with Crippen molar-refractivity contribution >= 4 is 5.95 Å². The van der Waals surface area contributed by atoms with Crippen LogP contribution in [0.15, 0.2) is 28.8 Å². The van der Waals surface area contributed by atoms with Crippen LogP contribution in [0.25, 0.3) is 11.5 Å². The molecule has 1 aliphatic rings. The van der Waals surface area contributed by atoms with E-state index in [-0.39, 0.29) is 0 Å². The molecule has 1 aromatic heterocycles. The summed E-state index contributed by atoms with van der Waals surface area (Å²) in [5.74, 6) is 1.30. The van der Waals surface area contributed by atoms with E-state index < -0.39 is 0 Å². The number of benzene rings is 1. The lowest BCUT2D eigenvalue weighted by Gasteiger charge is -2.24. The molecule has 0 unspecified atom stereocenters. The van der Waals surface area contributed by atoms with Crippen LogP contribution in [-0.4, -0.2) is 29.8 Å². The number of hydrogen-bond acceptors (Lipinski definition) is 5. The van der Waals surface area contributed by atoms with Crippen LogP contribution in [0.5, 0.6) is 0 Å². The molecule has 2 N–H and O–H groups in total. The maximum atomic E-state index is 5.59. The van der Waals surface area contributed by atoms with Gasteiger partial charge in [0.05, 0.1) is 0 Å². The molecule has 1 aliphatic heterocycles. The van der Waals surface area contributed by atoms with E-state index in [1.54, 1.807) is 0 Å². The fraction of sp³-hybridized carbons (Fsp3) is 0.467. The second kappa shape index (κ2) is 6.05. The lowest BCUT2D eigenvalue weighted by molar-refractivity contribution is 0.426. The van der Waals surface area contributed by atoms with E-state index >= 15 is 0 Å². The molecule has 0 aliphatic carbocycles. The monoisotopic (exact) mass is 272 g/mol. The molecular formula is C15H20N4O. The minimum Gasteiger partial charge on any atom is -0.338 e. The number of rotatable bonds is 4. The molecule has 2 aromatic rings. The standard InChI is InChI=1S/C15H20N4O/c16-8-7-12-5-4-6-13(11-12)14-17-15(18-20-14)19-9-2-1-3-10-19/h4-6,11H,1-3,7-10,16H2. The topological polar surface area (TPSA) is 68.2 Å². The van der Waals surface area contributed by atoms with Gasteiger partial charge in [0, 0.05) is 18.7 Å². The van der Waals surface area contributed by atoms with Crippen molar-refractivity contribution in [2.24, 2.45) is 5.73 Å². The number of piperidine rings is 1. The van der Waals surface area contributed by atoms with Gasteiger partial charge < -0.3 is 15.2 Å². The van der Waals surface area contributed by atoms with E-state index in [2.05, 4.69) is 27.2 Å². The number of nitrogens with two attached hydrogens (primary N) is 1. The van der Waals surface area contributed by atoms with Crippen LogP contribution in [0.1, 0.15) is 24.8 Å². The summed E-state index contributed by atoms with van der Waals surface area (Å²) in [4.78, 5) is 6.72. The van der Waals surface area contributed by atoms with Crippen molar-refractivity contribution < 1.29 is 4.52 Å². The summed E-state index contributed by atoms with van der Waals surface area (Å²) in [6.07, 6.45) is 4.56. The quantitative estimate of drug-likeness (QED) is 0.924. The Balaban J connectivity index is 1.80.